The molecule has 0 amide bonds. The second kappa shape index (κ2) is 10.8. The molecule has 0 saturated heterocycles. The van der Waals surface area contributed by atoms with Crippen molar-refractivity contribution in [2.75, 3.05) is 0 Å². The SMILES string of the molecule is [CH2-]c1c(-c2cccc3c2Cc2ccccc2-3)cc2ccccc2c1-c1ccccc1.[Cl][Ti][Cl].[NH2-]. The van der Waals surface area contributed by atoms with Gasteiger partial charge in [0.15, 0.2) is 0 Å². The quantitative estimate of drug-likeness (QED) is 0.162. The van der Waals surface area contributed by atoms with Crippen LogP contribution in [0.4, 0.5) is 0 Å². The molecule has 0 bridgehead atoms. The van der Waals surface area contributed by atoms with Crippen molar-refractivity contribution >= 4 is 29.4 Å². The minimum Gasteiger partial charge on any atom is -0.693 e. The molecule has 0 saturated carbocycles. The second-order valence-electron chi connectivity index (χ2n) is 8.10. The monoisotopic (exact) mass is 515 g/mol. The van der Waals surface area contributed by atoms with Crippen LogP contribution in [0.15, 0.2) is 103 Å². The van der Waals surface area contributed by atoms with Crippen molar-refractivity contribution in [2.45, 2.75) is 6.42 Å². The standard InChI is InChI=1S/C30H21.2ClH.H2N.Ti/c1-20-28(27-17-9-16-26-24-14-7-5-12-22(24)19-29(26)27)18-23-13-6-8-15-25(23)30(20)21-10-3-2-4-11-21;;;;/h2-18H,1,19H2;2*1H;1H2;/q-1;;;-1;+2/p-2. The largest absolute Gasteiger partial charge is 0.693 e. The van der Waals surface area contributed by atoms with Crippen LogP contribution in [0.2, 0.25) is 0 Å². The smallest absolute Gasteiger partial charge is 0.693 e. The Morgan fingerprint density at radius 3 is 2.00 bits per heavy atom. The van der Waals surface area contributed by atoms with E-state index in [0.29, 0.717) is 0 Å². The van der Waals surface area contributed by atoms with E-state index < -0.39 is 17.0 Å². The van der Waals surface area contributed by atoms with Gasteiger partial charge in [-0.2, -0.15) is 12.5 Å². The topological polar surface area (TPSA) is 33.5 Å². The summed E-state index contributed by atoms with van der Waals surface area (Å²) >= 11 is -0.556. The van der Waals surface area contributed by atoms with Crippen molar-refractivity contribution in [3.05, 3.63) is 133 Å². The van der Waals surface area contributed by atoms with E-state index in [1.165, 1.54) is 55.3 Å². The minimum absolute atomic E-state index is 0. The number of hydrogen-bond donors (Lipinski definition) is 0. The zero-order valence-corrected chi connectivity index (χ0v) is 21.6. The molecule has 1 aliphatic carbocycles. The van der Waals surface area contributed by atoms with E-state index >= 15 is 0 Å². The van der Waals surface area contributed by atoms with Gasteiger partial charge in [0, 0.05) is 0 Å². The fourth-order valence-electron chi connectivity index (χ4n) is 4.97. The molecule has 0 aliphatic heterocycles. The Labute approximate surface area is 218 Å². The Hall–Kier alpha value is -2.52. The molecule has 0 fully saturated rings. The minimum atomic E-state index is -0.556. The predicted molar refractivity (Wildman–Crippen MR) is 145 cm³/mol. The van der Waals surface area contributed by atoms with Crippen LogP contribution in [0.3, 0.4) is 0 Å². The molecule has 0 spiro atoms. The van der Waals surface area contributed by atoms with Gasteiger partial charge in [-0.1, -0.05) is 114 Å². The van der Waals surface area contributed by atoms with Crippen LogP contribution < -0.4 is 0 Å². The summed E-state index contributed by atoms with van der Waals surface area (Å²) in [6.45, 7) is 4.60. The average molecular weight is 516 g/mol. The number of fused-ring (bicyclic) bond motifs is 4. The molecule has 6 rings (SSSR count). The summed E-state index contributed by atoms with van der Waals surface area (Å²) in [5.74, 6) is 0. The van der Waals surface area contributed by atoms with Crippen LogP contribution >= 0.6 is 18.6 Å². The van der Waals surface area contributed by atoms with E-state index in [1.807, 2.05) is 0 Å². The van der Waals surface area contributed by atoms with Gasteiger partial charge in [-0.3, -0.25) is 0 Å². The number of halogens is 2. The van der Waals surface area contributed by atoms with Crippen molar-refractivity contribution < 1.29 is 17.0 Å². The number of hydrogen-bond acceptors (Lipinski definition) is 0. The number of benzene rings is 5. The molecule has 0 atom stereocenters. The molecule has 0 aromatic heterocycles. The van der Waals surface area contributed by atoms with E-state index in [4.69, 9.17) is 18.6 Å². The zero-order chi connectivity index (χ0) is 22.8. The van der Waals surface area contributed by atoms with Gasteiger partial charge in [-0.15, -0.1) is 17.2 Å². The Balaban J connectivity index is 0.000000652. The molecular formula is C30H23Cl2NTi-2. The summed E-state index contributed by atoms with van der Waals surface area (Å²) in [5.41, 5.74) is 11.6. The summed E-state index contributed by atoms with van der Waals surface area (Å²) in [7, 11) is 9.78. The molecular weight excluding hydrogens is 493 g/mol. The molecule has 0 heterocycles. The first kappa shape index (κ1) is 24.6. The van der Waals surface area contributed by atoms with Gasteiger partial charge in [-0.25, -0.2) is 0 Å². The Morgan fingerprint density at radius 2 is 1.24 bits per heavy atom. The van der Waals surface area contributed by atoms with Gasteiger partial charge < -0.3 is 6.15 Å². The van der Waals surface area contributed by atoms with E-state index in [2.05, 4.69) is 110 Å². The van der Waals surface area contributed by atoms with Crippen LogP contribution in [0.25, 0.3) is 50.3 Å². The molecule has 0 unspecified atom stereocenters. The molecule has 1 nitrogen and oxygen atoms in total. The van der Waals surface area contributed by atoms with Gasteiger partial charge in [0.2, 0.25) is 0 Å². The molecule has 5 aromatic rings. The Kier molecular flexibility index (Phi) is 7.83. The Bertz CT molecular complexity index is 1450. The van der Waals surface area contributed by atoms with E-state index in [-0.39, 0.29) is 6.15 Å². The summed E-state index contributed by atoms with van der Waals surface area (Å²) in [5, 5.41) is 2.51. The van der Waals surface area contributed by atoms with Crippen molar-refractivity contribution in [1.82, 2.24) is 0 Å². The molecule has 1 aliphatic rings. The predicted octanol–water partition coefficient (Wildman–Crippen LogP) is 10.0. The van der Waals surface area contributed by atoms with E-state index in [1.54, 1.807) is 0 Å². The maximum atomic E-state index is 4.89. The zero-order valence-electron chi connectivity index (χ0n) is 18.6. The van der Waals surface area contributed by atoms with Crippen LogP contribution in [0, 0.1) is 6.92 Å². The van der Waals surface area contributed by atoms with E-state index in [9.17, 15) is 0 Å². The molecule has 168 valence electrons. The van der Waals surface area contributed by atoms with Crippen molar-refractivity contribution in [1.29, 1.82) is 0 Å². The first-order valence-electron chi connectivity index (χ1n) is 10.8. The van der Waals surface area contributed by atoms with Crippen molar-refractivity contribution in [2.24, 2.45) is 0 Å². The van der Waals surface area contributed by atoms with Gasteiger partial charge in [0.05, 0.1) is 0 Å². The molecule has 0 radical (unpaired) electrons. The summed E-state index contributed by atoms with van der Waals surface area (Å²) in [4.78, 5) is 0. The third-order valence-corrected chi connectivity index (χ3v) is 6.36. The van der Waals surface area contributed by atoms with Gasteiger partial charge >= 0.3 is 35.6 Å². The fourth-order valence-corrected chi connectivity index (χ4v) is 4.97. The maximum absolute atomic E-state index is 4.89. The van der Waals surface area contributed by atoms with Crippen molar-refractivity contribution in [3.8, 4) is 33.4 Å². The first-order valence-corrected chi connectivity index (χ1v) is 15.1. The van der Waals surface area contributed by atoms with Gasteiger partial charge in [0.25, 0.3) is 0 Å². The summed E-state index contributed by atoms with van der Waals surface area (Å²) in [6.07, 6.45) is 0.981. The Morgan fingerprint density at radius 1 is 0.647 bits per heavy atom. The molecule has 34 heavy (non-hydrogen) atoms. The van der Waals surface area contributed by atoms with Crippen LogP contribution in [-0.2, 0) is 23.5 Å². The average Bonchev–Trinajstić information content (AvgIpc) is 3.24. The van der Waals surface area contributed by atoms with Gasteiger partial charge in [0.1, 0.15) is 0 Å². The molecule has 2 N–H and O–H groups in total. The maximum Gasteiger partial charge on any atom is -0.693 e. The van der Waals surface area contributed by atoms with E-state index in [0.717, 1.165) is 12.0 Å². The normalized spacial score (nSPS) is 11.0. The van der Waals surface area contributed by atoms with Crippen LogP contribution in [-0.4, -0.2) is 0 Å². The fraction of sp³-hybridized carbons (Fsp3) is 0.0333. The van der Waals surface area contributed by atoms with Crippen LogP contribution in [0.5, 0.6) is 0 Å². The van der Waals surface area contributed by atoms with Crippen LogP contribution in [0.1, 0.15) is 16.7 Å². The third-order valence-electron chi connectivity index (χ3n) is 6.36. The molecule has 5 aromatic carbocycles. The molecule has 4 heteroatoms. The van der Waals surface area contributed by atoms with Gasteiger partial charge in [-0.05, 0) is 34.1 Å². The van der Waals surface area contributed by atoms with Crippen molar-refractivity contribution in [3.63, 3.8) is 0 Å². The second-order valence-corrected chi connectivity index (χ2v) is 10.7. The first-order chi connectivity index (χ1) is 16.2. The summed E-state index contributed by atoms with van der Waals surface area (Å²) in [6, 6.07) is 37.1. The number of rotatable bonds is 2. The summed E-state index contributed by atoms with van der Waals surface area (Å²) < 4.78 is 0. The third kappa shape index (κ3) is 4.43. The number of nitrogens with two attached hydrogens (primary N) is 1.